The first-order valence-corrected chi connectivity index (χ1v) is 7.28. The Bertz CT molecular complexity index is 654. The Morgan fingerprint density at radius 3 is 2.45 bits per heavy atom. The summed E-state index contributed by atoms with van der Waals surface area (Å²) in [6.07, 6.45) is 0. The van der Waals surface area contributed by atoms with Crippen LogP contribution < -0.4 is 10.5 Å². The molecule has 2 unspecified atom stereocenters. The van der Waals surface area contributed by atoms with E-state index >= 15 is 0 Å². The molecule has 0 heterocycles. The Kier molecular flexibility index (Phi) is 3.02. The monoisotopic (exact) mass is 269 g/mol. The molecule has 1 aliphatic carbocycles. The summed E-state index contributed by atoms with van der Waals surface area (Å²) in [4.78, 5) is 0. The van der Waals surface area contributed by atoms with Gasteiger partial charge >= 0.3 is 0 Å². The Hall–Kier alpha value is -1.54. The minimum Gasteiger partial charge on any atom is -0.496 e. The van der Waals surface area contributed by atoms with E-state index in [-0.39, 0.29) is 5.41 Å². The lowest BCUT2D eigenvalue weighted by Crippen LogP contribution is -2.26. The lowest BCUT2D eigenvalue weighted by molar-refractivity contribution is 0.290. The molecule has 20 heavy (non-hydrogen) atoms. The van der Waals surface area contributed by atoms with Gasteiger partial charge in [0.2, 0.25) is 0 Å². The molecule has 2 heteroatoms. The summed E-state index contributed by atoms with van der Waals surface area (Å²) in [6.45, 7) is 7.62. The van der Waals surface area contributed by atoms with E-state index in [1.54, 1.807) is 7.11 Å². The first kappa shape index (κ1) is 13.4. The van der Waals surface area contributed by atoms with Gasteiger partial charge in [-0.3, -0.25) is 0 Å². The van der Waals surface area contributed by atoms with Gasteiger partial charge in [-0.25, -0.2) is 0 Å². The average Bonchev–Trinajstić information content (AvgIpc) is 2.75. The van der Waals surface area contributed by atoms with Crippen molar-refractivity contribution in [3.8, 4) is 5.75 Å². The maximum Gasteiger partial charge on any atom is 0.126 e. The maximum absolute atomic E-state index is 6.11. The van der Waals surface area contributed by atoms with Crippen molar-refractivity contribution in [2.45, 2.75) is 32.6 Å². The highest BCUT2D eigenvalue weighted by Crippen LogP contribution is 2.54. The molecule has 2 aromatic rings. The van der Waals surface area contributed by atoms with Crippen LogP contribution in [-0.4, -0.2) is 13.7 Å². The van der Waals surface area contributed by atoms with Gasteiger partial charge in [0.05, 0.1) is 7.11 Å². The van der Waals surface area contributed by atoms with Crippen LogP contribution in [0.4, 0.5) is 0 Å². The molecular weight excluding hydrogens is 246 g/mol. The predicted molar refractivity (Wildman–Crippen MR) is 84.5 cm³/mol. The quantitative estimate of drug-likeness (QED) is 0.893. The van der Waals surface area contributed by atoms with Gasteiger partial charge in [-0.2, -0.15) is 0 Å². The summed E-state index contributed by atoms with van der Waals surface area (Å²) in [6, 6.07) is 10.8. The maximum atomic E-state index is 6.11. The molecule has 2 nitrogen and oxygen atoms in total. The molecule has 0 aliphatic heterocycles. The van der Waals surface area contributed by atoms with Gasteiger partial charge in [-0.15, -0.1) is 0 Å². The van der Waals surface area contributed by atoms with E-state index in [0.29, 0.717) is 18.4 Å². The molecule has 0 bridgehead atoms. The predicted octanol–water partition coefficient (Wildman–Crippen LogP) is 4.03. The smallest absolute Gasteiger partial charge is 0.126 e. The van der Waals surface area contributed by atoms with Crippen LogP contribution in [0.25, 0.3) is 10.8 Å². The van der Waals surface area contributed by atoms with Crippen molar-refractivity contribution in [2.75, 3.05) is 13.7 Å². The number of methoxy groups -OCH3 is 1. The fourth-order valence-corrected chi connectivity index (χ4v) is 3.91. The fraction of sp³-hybridized carbons (Fsp3) is 0.444. The fourth-order valence-electron chi connectivity index (χ4n) is 3.91. The average molecular weight is 269 g/mol. The number of hydrogen-bond donors (Lipinski definition) is 1. The van der Waals surface area contributed by atoms with Gasteiger partial charge in [0.1, 0.15) is 5.75 Å². The molecule has 2 aromatic carbocycles. The SMILES string of the molecule is COc1ccc2c3c(cccc13)C(CN)C2C(C)(C)C. The van der Waals surface area contributed by atoms with Crippen molar-refractivity contribution in [2.24, 2.45) is 11.1 Å². The van der Waals surface area contributed by atoms with Gasteiger partial charge in [0.25, 0.3) is 0 Å². The largest absolute Gasteiger partial charge is 0.496 e. The highest BCUT2D eigenvalue weighted by molar-refractivity contribution is 5.96. The molecule has 0 radical (unpaired) electrons. The number of nitrogens with two attached hydrogens (primary N) is 1. The van der Waals surface area contributed by atoms with E-state index in [4.69, 9.17) is 10.5 Å². The van der Waals surface area contributed by atoms with E-state index in [1.165, 1.54) is 21.9 Å². The van der Waals surface area contributed by atoms with Crippen molar-refractivity contribution in [1.82, 2.24) is 0 Å². The molecule has 1 aliphatic rings. The molecule has 3 rings (SSSR count). The topological polar surface area (TPSA) is 35.2 Å². The standard InChI is InChI=1S/C18H23NO/c1-18(2,3)17-13-8-9-15(20-4)12-7-5-6-11(16(12)13)14(17)10-19/h5-9,14,17H,10,19H2,1-4H3. The van der Waals surface area contributed by atoms with Crippen LogP contribution in [0.5, 0.6) is 5.75 Å². The van der Waals surface area contributed by atoms with Crippen molar-refractivity contribution in [1.29, 1.82) is 0 Å². The first-order chi connectivity index (χ1) is 9.49. The Morgan fingerprint density at radius 2 is 1.85 bits per heavy atom. The Labute approximate surface area is 120 Å². The highest BCUT2D eigenvalue weighted by Gasteiger charge is 2.40. The van der Waals surface area contributed by atoms with Crippen molar-refractivity contribution in [3.05, 3.63) is 41.5 Å². The van der Waals surface area contributed by atoms with Crippen LogP contribution in [0.2, 0.25) is 0 Å². The van der Waals surface area contributed by atoms with Crippen LogP contribution in [-0.2, 0) is 0 Å². The number of hydrogen-bond acceptors (Lipinski definition) is 2. The second-order valence-electron chi connectivity index (χ2n) is 6.81. The van der Waals surface area contributed by atoms with Crippen molar-refractivity contribution < 1.29 is 4.74 Å². The first-order valence-electron chi connectivity index (χ1n) is 7.28. The molecule has 0 aromatic heterocycles. The van der Waals surface area contributed by atoms with Gasteiger partial charge < -0.3 is 10.5 Å². The molecule has 0 saturated carbocycles. The molecule has 106 valence electrons. The summed E-state index contributed by atoms with van der Waals surface area (Å²) < 4.78 is 5.52. The van der Waals surface area contributed by atoms with E-state index in [1.807, 2.05) is 0 Å². The third-order valence-electron chi connectivity index (χ3n) is 4.61. The van der Waals surface area contributed by atoms with E-state index in [9.17, 15) is 0 Å². The van der Waals surface area contributed by atoms with Gasteiger partial charge in [0, 0.05) is 11.3 Å². The van der Waals surface area contributed by atoms with Crippen LogP contribution in [0, 0.1) is 5.41 Å². The Balaban J connectivity index is 2.34. The number of rotatable bonds is 2. The molecule has 2 atom stereocenters. The third kappa shape index (κ3) is 1.75. The summed E-state index contributed by atoms with van der Waals surface area (Å²) in [5, 5.41) is 2.58. The normalized spacial score (nSPS) is 21.4. The van der Waals surface area contributed by atoms with Crippen molar-refractivity contribution >= 4 is 10.8 Å². The van der Waals surface area contributed by atoms with Gasteiger partial charge in [0.15, 0.2) is 0 Å². The van der Waals surface area contributed by atoms with Crippen LogP contribution in [0.15, 0.2) is 30.3 Å². The zero-order valence-electron chi connectivity index (χ0n) is 12.7. The van der Waals surface area contributed by atoms with E-state index < -0.39 is 0 Å². The minimum absolute atomic E-state index is 0.199. The lowest BCUT2D eigenvalue weighted by atomic mass is 9.72. The molecule has 0 amide bonds. The number of benzene rings is 2. The molecule has 0 fully saturated rings. The van der Waals surface area contributed by atoms with Gasteiger partial charge in [-0.1, -0.05) is 45.0 Å². The summed E-state index contributed by atoms with van der Waals surface area (Å²) >= 11 is 0. The molecule has 0 saturated heterocycles. The second-order valence-corrected chi connectivity index (χ2v) is 6.81. The van der Waals surface area contributed by atoms with Crippen LogP contribution >= 0.6 is 0 Å². The van der Waals surface area contributed by atoms with Crippen LogP contribution in [0.3, 0.4) is 0 Å². The van der Waals surface area contributed by atoms with E-state index in [0.717, 1.165) is 5.75 Å². The van der Waals surface area contributed by atoms with Gasteiger partial charge in [-0.05, 0) is 40.5 Å². The van der Waals surface area contributed by atoms with Crippen LogP contribution in [0.1, 0.15) is 43.7 Å². The minimum atomic E-state index is 0.199. The lowest BCUT2D eigenvalue weighted by Gasteiger charge is -2.33. The summed E-state index contributed by atoms with van der Waals surface area (Å²) in [5.74, 6) is 1.83. The molecule has 2 N–H and O–H groups in total. The molecular formula is C18H23NO. The summed E-state index contributed by atoms with van der Waals surface area (Å²) in [7, 11) is 1.74. The third-order valence-corrected chi connectivity index (χ3v) is 4.61. The molecule has 0 spiro atoms. The van der Waals surface area contributed by atoms with E-state index in [2.05, 4.69) is 51.1 Å². The summed E-state index contributed by atoms with van der Waals surface area (Å²) in [5.41, 5.74) is 9.13. The Morgan fingerprint density at radius 1 is 1.10 bits per heavy atom. The highest BCUT2D eigenvalue weighted by atomic mass is 16.5. The number of ether oxygens (including phenoxy) is 1. The van der Waals surface area contributed by atoms with Crippen molar-refractivity contribution in [3.63, 3.8) is 0 Å². The zero-order valence-corrected chi connectivity index (χ0v) is 12.7. The zero-order chi connectivity index (χ0) is 14.5. The second kappa shape index (κ2) is 4.49.